The fraction of sp³-hybridized carbons (Fsp3) is 0.500. The van der Waals surface area contributed by atoms with Crippen LogP contribution in [0, 0.1) is 11.8 Å². The largest absolute Gasteiger partial charge is 0.493 e. The summed E-state index contributed by atoms with van der Waals surface area (Å²) in [7, 11) is 0. The van der Waals surface area contributed by atoms with E-state index in [1.165, 1.54) is 16.7 Å². The van der Waals surface area contributed by atoms with E-state index >= 15 is 0 Å². The lowest BCUT2D eigenvalue weighted by Gasteiger charge is -2.47. The number of aromatic nitrogens is 1. The number of ether oxygens (including phenoxy) is 3. The number of aryl methyl sites for hydroxylation is 1. The lowest BCUT2D eigenvalue weighted by atomic mass is 9.59. The number of pyridine rings is 1. The van der Waals surface area contributed by atoms with Gasteiger partial charge in [-0.3, -0.25) is 4.98 Å². The number of hydrogen-bond acceptors (Lipinski definition) is 6. The van der Waals surface area contributed by atoms with Crippen molar-refractivity contribution in [1.82, 2.24) is 4.98 Å². The third-order valence-electron chi connectivity index (χ3n) is 10.5. The zero-order valence-corrected chi connectivity index (χ0v) is 26.0. The molecule has 0 unspecified atom stereocenters. The van der Waals surface area contributed by atoms with Crippen molar-refractivity contribution in [2.75, 3.05) is 18.7 Å². The summed E-state index contributed by atoms with van der Waals surface area (Å²) in [4.78, 5) is 17.6. The molecule has 1 aliphatic heterocycles. The molecular formula is C36H41ClN2O5. The van der Waals surface area contributed by atoms with E-state index in [0.717, 1.165) is 49.3 Å². The van der Waals surface area contributed by atoms with Crippen LogP contribution in [0.5, 0.6) is 17.2 Å². The van der Waals surface area contributed by atoms with Crippen LogP contribution in [-0.4, -0.2) is 35.0 Å². The van der Waals surface area contributed by atoms with Gasteiger partial charge in [0.05, 0.1) is 12.1 Å². The van der Waals surface area contributed by atoms with Gasteiger partial charge in [0.15, 0.2) is 11.5 Å². The molecular weight excluding hydrogens is 576 g/mol. The molecule has 2 N–H and O–H groups in total. The average molecular weight is 621 g/mol. The van der Waals surface area contributed by atoms with Crippen molar-refractivity contribution in [3.63, 3.8) is 0 Å². The van der Waals surface area contributed by atoms with E-state index in [2.05, 4.69) is 36.3 Å². The summed E-state index contributed by atoms with van der Waals surface area (Å²) in [5.41, 5.74) is 2.86. The van der Waals surface area contributed by atoms with Gasteiger partial charge < -0.3 is 24.6 Å². The Kier molecular flexibility index (Phi) is 6.48. The van der Waals surface area contributed by atoms with Crippen LogP contribution in [0.3, 0.4) is 0 Å². The first-order chi connectivity index (χ1) is 22.9. The first-order valence-corrected chi connectivity index (χ1v) is 16.1. The number of nitrogens with zero attached hydrogens (tertiary/aromatic N) is 1. The Morgan fingerprint density at radius 2 is 2.05 bits per heavy atom. The van der Waals surface area contributed by atoms with Crippen molar-refractivity contribution in [2.24, 2.45) is 11.8 Å². The number of aliphatic carboxylic acids is 1. The van der Waals surface area contributed by atoms with Crippen molar-refractivity contribution in [1.29, 1.82) is 0 Å². The molecule has 44 heavy (non-hydrogen) atoms. The van der Waals surface area contributed by atoms with Gasteiger partial charge in [-0.05, 0) is 128 Å². The molecule has 2 aromatic carbocycles. The Morgan fingerprint density at radius 1 is 1.25 bits per heavy atom. The quantitative estimate of drug-likeness (QED) is 0.264. The number of hydrogen-bond donors (Lipinski definition) is 2. The van der Waals surface area contributed by atoms with Crippen LogP contribution in [0.2, 0.25) is 5.02 Å². The number of carboxylic acid groups (broad SMARTS) is 1. The molecule has 0 bridgehead atoms. The van der Waals surface area contributed by atoms with Gasteiger partial charge in [-0.1, -0.05) is 31.5 Å². The van der Waals surface area contributed by atoms with Gasteiger partial charge >= 0.3 is 5.97 Å². The molecule has 4 aliphatic rings. The van der Waals surface area contributed by atoms with Gasteiger partial charge in [-0.2, -0.15) is 0 Å². The molecule has 1 saturated carbocycles. The molecule has 1 aromatic heterocycles. The molecule has 1 spiro atoms. The maximum Gasteiger partial charge on any atom is 0.329 e. The topological polar surface area (TPSA) is 89.9 Å². The van der Waals surface area contributed by atoms with E-state index < -0.39 is 29.6 Å². The number of rotatable bonds is 8. The lowest BCUT2D eigenvalue weighted by Crippen LogP contribution is -2.53. The van der Waals surface area contributed by atoms with Gasteiger partial charge in [-0.15, -0.1) is 0 Å². The second-order valence-corrected chi connectivity index (χ2v) is 13.6. The number of nitrogens with one attached hydrogen (secondary N) is 1. The van der Waals surface area contributed by atoms with Crippen molar-refractivity contribution < 1.29 is 29.6 Å². The molecule has 0 radical (unpaired) electrons. The summed E-state index contributed by atoms with van der Waals surface area (Å²) in [6.45, 7) is 5.21. The smallest absolute Gasteiger partial charge is 0.329 e. The van der Waals surface area contributed by atoms with Crippen LogP contribution in [0.15, 0.2) is 48.6 Å². The first-order valence-electron chi connectivity index (χ1n) is 17.7. The van der Waals surface area contributed by atoms with Crippen molar-refractivity contribution in [2.45, 2.75) is 88.5 Å². The minimum atomic E-state index is -1.47. The second kappa shape index (κ2) is 11.5. The van der Waals surface area contributed by atoms with E-state index in [9.17, 15) is 9.90 Å². The Labute approximate surface area is 269 Å². The number of carbonyl (C=O) groups is 1. The van der Waals surface area contributed by atoms with E-state index in [4.69, 9.17) is 31.3 Å². The van der Waals surface area contributed by atoms with Crippen LogP contribution in [0.25, 0.3) is 0 Å². The highest BCUT2D eigenvalue weighted by Gasteiger charge is 2.54. The first kappa shape index (κ1) is 24.8. The maximum absolute atomic E-state index is 13.0. The lowest BCUT2D eigenvalue weighted by molar-refractivity contribution is -0.144. The standard InChI is InChI=1S/C36H41ClN2O5/c1-22(20-42-30-9-14-38-29-8-3-5-23(2)33(29)30)15-25-16-24-17-31-32(44-21-43-31)19-28(24)35(25)10-12-36(13-11-35,34(40)41)39-27-7-4-6-26(37)18-27/h4,6-7,9,14,17-19,22-23,25,39H,3,5,8,10-13,15-16,20-21H2,1-2H3,(H,40,41)/t22-,23-,25+,35?,36?/m1/s1/i4D,6D,7D,18D. The third-order valence-corrected chi connectivity index (χ3v) is 10.7. The van der Waals surface area contributed by atoms with Crippen LogP contribution in [0.4, 0.5) is 5.69 Å². The number of fused-ring (bicyclic) bond motifs is 4. The predicted octanol–water partition coefficient (Wildman–Crippen LogP) is 7.93. The molecule has 7 nitrogen and oxygen atoms in total. The van der Waals surface area contributed by atoms with Gasteiger partial charge in [0.25, 0.3) is 0 Å². The highest BCUT2D eigenvalue weighted by Crippen LogP contribution is 2.58. The highest BCUT2D eigenvalue weighted by atomic mass is 35.5. The van der Waals surface area contributed by atoms with E-state index in [-0.39, 0.29) is 53.6 Å². The maximum atomic E-state index is 13.0. The Balaban J connectivity index is 1.16. The summed E-state index contributed by atoms with van der Waals surface area (Å²) < 4.78 is 51.1. The Hall–Kier alpha value is -3.45. The molecule has 0 amide bonds. The predicted molar refractivity (Wildman–Crippen MR) is 170 cm³/mol. The zero-order valence-electron chi connectivity index (χ0n) is 29.2. The van der Waals surface area contributed by atoms with Crippen molar-refractivity contribution >= 4 is 23.3 Å². The minimum absolute atomic E-state index is 0.121. The molecule has 1 fully saturated rings. The number of halogens is 1. The normalized spacial score (nSPS) is 28.7. The van der Waals surface area contributed by atoms with E-state index in [1.807, 2.05) is 12.3 Å². The Bertz CT molecular complexity index is 1750. The van der Waals surface area contributed by atoms with Gasteiger partial charge in [0, 0.05) is 28.2 Å². The van der Waals surface area contributed by atoms with Crippen LogP contribution in [0.1, 0.15) is 92.6 Å². The third kappa shape index (κ3) is 5.17. The van der Waals surface area contributed by atoms with Crippen molar-refractivity contribution in [3.8, 4) is 17.2 Å². The number of anilines is 1. The molecule has 232 valence electrons. The molecule has 0 saturated heterocycles. The summed E-state index contributed by atoms with van der Waals surface area (Å²) in [5, 5.41) is 13.3. The average Bonchev–Trinajstić information content (AvgIpc) is 3.65. The minimum Gasteiger partial charge on any atom is -0.493 e. The summed E-state index contributed by atoms with van der Waals surface area (Å²) in [5.74, 6) is 2.17. The van der Waals surface area contributed by atoms with Crippen molar-refractivity contribution in [3.05, 3.63) is 76.0 Å². The molecule has 2 heterocycles. The molecule has 8 heteroatoms. The van der Waals surface area contributed by atoms with Crippen LogP contribution in [-0.2, 0) is 23.1 Å². The summed E-state index contributed by atoms with van der Waals surface area (Å²) >= 11 is 6.18. The van der Waals surface area contributed by atoms with E-state index in [0.29, 0.717) is 31.1 Å². The van der Waals surface area contributed by atoms with Gasteiger partial charge in [0.2, 0.25) is 6.79 Å². The zero-order chi connectivity index (χ0) is 34.0. The molecule has 3 aliphatic carbocycles. The molecule has 7 rings (SSSR count). The molecule has 3 atom stereocenters. The van der Waals surface area contributed by atoms with Gasteiger partial charge in [0.1, 0.15) is 11.3 Å². The second-order valence-electron chi connectivity index (χ2n) is 13.2. The van der Waals surface area contributed by atoms with Crippen LogP contribution < -0.4 is 19.5 Å². The molecule has 3 aromatic rings. The Morgan fingerprint density at radius 3 is 2.84 bits per heavy atom. The number of carboxylic acids is 1. The van der Waals surface area contributed by atoms with E-state index in [1.54, 1.807) is 0 Å². The van der Waals surface area contributed by atoms with Crippen LogP contribution >= 0.6 is 11.6 Å². The van der Waals surface area contributed by atoms with Gasteiger partial charge in [-0.25, -0.2) is 4.79 Å². The number of benzene rings is 2. The summed E-state index contributed by atoms with van der Waals surface area (Å²) in [6, 6.07) is 4.58. The monoisotopic (exact) mass is 620 g/mol. The SMILES string of the molecule is [2H]c1c([2H])c(Cl)c([2H])c(NC2(C(=O)O)CCC3(CC2)c2cc4c(cc2C[C@@H]3C[C@@H](C)COc2ccnc3c2[C@H](C)CCC3)OCO4)c1[2H]. The fourth-order valence-electron chi connectivity index (χ4n) is 8.28. The fourth-order valence-corrected chi connectivity index (χ4v) is 8.42. The summed E-state index contributed by atoms with van der Waals surface area (Å²) in [6.07, 6.45) is 8.44. The highest BCUT2D eigenvalue weighted by molar-refractivity contribution is 6.30.